The summed E-state index contributed by atoms with van der Waals surface area (Å²) in [7, 11) is 0. The summed E-state index contributed by atoms with van der Waals surface area (Å²) in [5.41, 5.74) is 24.3. The first-order chi connectivity index (χ1) is 55.7. The molecule has 4 heterocycles. The number of hydrogen-bond donors (Lipinski definition) is 0. The van der Waals surface area contributed by atoms with Gasteiger partial charge in [0.05, 0.1) is 22.4 Å². The number of hydrogen-bond acceptors (Lipinski definition) is 8. The van der Waals surface area contributed by atoms with Gasteiger partial charge in [-0.05, 0) is 200 Å². The molecule has 0 aliphatic heterocycles. The van der Waals surface area contributed by atoms with Crippen LogP contribution in [-0.2, 0) is 5.41 Å². The van der Waals surface area contributed by atoms with Gasteiger partial charge in [0.2, 0.25) is 0 Å². The second-order valence-electron chi connectivity index (χ2n) is 29.7. The van der Waals surface area contributed by atoms with Gasteiger partial charge in [-0.15, -0.1) is 22.7 Å². The molecule has 0 saturated carbocycles. The van der Waals surface area contributed by atoms with Gasteiger partial charge < -0.3 is 9.80 Å². The van der Waals surface area contributed by atoms with Crippen LogP contribution in [0.25, 0.3) is 162 Å². The molecule has 6 nitrogen and oxygen atoms in total. The molecular formula is C105H70N6S2. The molecule has 0 saturated heterocycles. The molecule has 0 spiro atoms. The summed E-state index contributed by atoms with van der Waals surface area (Å²) in [4.78, 5) is 25.6. The smallest absolute Gasteiger partial charge is 0.160 e. The number of anilines is 6. The lowest BCUT2D eigenvalue weighted by atomic mass is 9.82. The van der Waals surface area contributed by atoms with Gasteiger partial charge >= 0.3 is 0 Å². The van der Waals surface area contributed by atoms with Crippen molar-refractivity contribution in [3.63, 3.8) is 0 Å². The Kier molecular flexibility index (Phi) is 16.5. The Morgan fingerprint density at radius 3 is 1.11 bits per heavy atom. The van der Waals surface area contributed by atoms with Crippen molar-refractivity contribution in [2.45, 2.75) is 19.3 Å². The van der Waals surface area contributed by atoms with Crippen molar-refractivity contribution >= 4 is 140 Å². The van der Waals surface area contributed by atoms with E-state index in [0.717, 1.165) is 89.6 Å². The Labute approximate surface area is 662 Å². The maximum absolute atomic E-state index is 5.36. The Morgan fingerprint density at radius 2 is 0.584 bits per heavy atom. The van der Waals surface area contributed by atoms with E-state index in [2.05, 4.69) is 412 Å². The number of thiophene rings is 2. The minimum atomic E-state index is -0.0879. The molecule has 0 atom stereocenters. The SMILES string of the molecule is CC1(C)c2ccccc2-c2ccc(N(c3ccccc3)c3ccc(-c4nc(-c5ccc6c(c5)sc5cc7ccccc7cc56)c5ccccc5n4)cc3)cc21.c1ccc(-c2ccc(N(c3ccc(-c4ccccc4)cc3)c3cccc(-c4nc(-c5ccc6c(c5)sc5cc7ccccc7cc56)c5ccccc5n4)c3)cc2)cc1. The van der Waals surface area contributed by atoms with Crippen LogP contribution in [0.3, 0.4) is 0 Å². The quantitative estimate of drug-likeness (QED) is 0.121. The predicted octanol–water partition coefficient (Wildman–Crippen LogP) is 29.5. The van der Waals surface area contributed by atoms with E-state index < -0.39 is 0 Å². The molecule has 17 aromatic carbocycles. The van der Waals surface area contributed by atoms with Crippen LogP contribution in [0.5, 0.6) is 0 Å². The van der Waals surface area contributed by atoms with Crippen LogP contribution in [-0.4, -0.2) is 19.9 Å². The summed E-state index contributed by atoms with van der Waals surface area (Å²) in [5, 5.41) is 12.3. The third-order valence-electron chi connectivity index (χ3n) is 22.5. The summed E-state index contributed by atoms with van der Waals surface area (Å²) < 4.78 is 5.11. The average molecular weight is 1480 g/mol. The molecular weight excluding hydrogens is 1410 g/mol. The highest BCUT2D eigenvalue weighted by Crippen LogP contribution is 2.52. The number of rotatable bonds is 12. The molecule has 0 radical (unpaired) electrons. The lowest BCUT2D eigenvalue weighted by Crippen LogP contribution is -2.16. The minimum absolute atomic E-state index is 0.0879. The highest BCUT2D eigenvalue weighted by molar-refractivity contribution is 7.26. The zero-order valence-corrected chi connectivity index (χ0v) is 63.6. The monoisotopic (exact) mass is 1480 g/mol. The molecule has 8 heteroatoms. The fourth-order valence-electron chi connectivity index (χ4n) is 16.8. The maximum Gasteiger partial charge on any atom is 0.160 e. The first kappa shape index (κ1) is 67.1. The standard InChI is InChI=1S/C54H35N3S.C51H35N3S/c1-3-12-36(13-4-1)38-22-27-44(28-23-38)57(45-29-24-39(25-30-45)37-14-5-2-6-15-37)46-19-11-18-43(32-46)54-55-50-21-10-9-20-48(50)53(56-54)42-26-31-47-49-33-40-16-7-8-17-41(40)34-52(49)58-51(47)35-42;1-51(2)44-18-10-8-16-39(44)40-27-25-38(31-45(40)51)54(36-14-4-3-5-15-36)37-23-20-32(21-24-37)50-52-46-19-11-9-17-42(46)49(53-50)35-22-26-41-43-28-33-12-6-7-13-34(33)29-48(43)55-47(41)30-35/h1-35H;3-31H,1-2H3. The van der Waals surface area contributed by atoms with Gasteiger partial charge in [-0.1, -0.05) is 269 Å². The fraction of sp³-hybridized carbons (Fsp3) is 0.0286. The summed E-state index contributed by atoms with van der Waals surface area (Å²) in [5.74, 6) is 1.41. The molecule has 113 heavy (non-hydrogen) atoms. The van der Waals surface area contributed by atoms with Gasteiger partial charge in [-0.3, -0.25) is 0 Å². The van der Waals surface area contributed by atoms with Crippen molar-refractivity contribution in [1.82, 2.24) is 19.9 Å². The zero-order chi connectivity index (χ0) is 75.1. The maximum atomic E-state index is 5.36. The van der Waals surface area contributed by atoms with E-state index >= 15 is 0 Å². The lowest BCUT2D eigenvalue weighted by Gasteiger charge is -2.28. The molecule has 0 fully saturated rings. The molecule has 532 valence electrons. The average Bonchev–Trinajstić information content (AvgIpc) is 1.56. The number of nitrogens with zero attached hydrogens (tertiary/aromatic N) is 6. The summed E-state index contributed by atoms with van der Waals surface area (Å²) in [6, 6.07) is 139. The van der Waals surface area contributed by atoms with Crippen molar-refractivity contribution in [2.75, 3.05) is 9.80 Å². The number of fused-ring (bicyclic) bond motifs is 13. The first-order valence-corrected chi connectivity index (χ1v) is 40.0. The molecule has 0 bridgehead atoms. The van der Waals surface area contributed by atoms with Crippen LogP contribution in [0.2, 0.25) is 0 Å². The van der Waals surface area contributed by atoms with Crippen molar-refractivity contribution in [3.8, 4) is 78.7 Å². The molecule has 1 aliphatic rings. The zero-order valence-electron chi connectivity index (χ0n) is 62.0. The van der Waals surface area contributed by atoms with E-state index in [0.29, 0.717) is 11.6 Å². The highest BCUT2D eigenvalue weighted by Gasteiger charge is 2.36. The number of benzene rings is 17. The molecule has 0 N–H and O–H groups in total. The van der Waals surface area contributed by atoms with Crippen molar-refractivity contribution in [1.29, 1.82) is 0 Å². The molecule has 4 aromatic heterocycles. The van der Waals surface area contributed by atoms with E-state index in [1.807, 2.05) is 22.7 Å². The van der Waals surface area contributed by atoms with Crippen molar-refractivity contribution in [3.05, 3.63) is 399 Å². The molecule has 21 aromatic rings. The van der Waals surface area contributed by atoms with Gasteiger partial charge in [0, 0.05) is 113 Å². The topological polar surface area (TPSA) is 58.0 Å². The Bertz CT molecular complexity index is 7180. The van der Waals surface area contributed by atoms with Crippen LogP contribution >= 0.6 is 22.7 Å². The van der Waals surface area contributed by atoms with Gasteiger partial charge in [0.25, 0.3) is 0 Å². The predicted molar refractivity (Wildman–Crippen MR) is 479 cm³/mol. The number of para-hydroxylation sites is 3. The van der Waals surface area contributed by atoms with E-state index in [1.165, 1.54) is 106 Å². The van der Waals surface area contributed by atoms with E-state index in [-0.39, 0.29) is 5.41 Å². The summed E-state index contributed by atoms with van der Waals surface area (Å²) in [6.07, 6.45) is 0. The Hall–Kier alpha value is -14.0. The molecule has 22 rings (SSSR count). The Balaban J connectivity index is 0.000000142. The van der Waals surface area contributed by atoms with E-state index in [1.54, 1.807) is 0 Å². The van der Waals surface area contributed by atoms with Gasteiger partial charge in [-0.25, -0.2) is 19.9 Å². The number of aromatic nitrogens is 4. The normalized spacial score (nSPS) is 12.2. The highest BCUT2D eigenvalue weighted by atomic mass is 32.1. The Morgan fingerprint density at radius 1 is 0.221 bits per heavy atom. The van der Waals surface area contributed by atoms with E-state index in [9.17, 15) is 0 Å². The molecule has 1 aliphatic carbocycles. The van der Waals surface area contributed by atoms with Crippen LogP contribution in [0.4, 0.5) is 34.1 Å². The van der Waals surface area contributed by atoms with Crippen LogP contribution in [0.15, 0.2) is 388 Å². The third kappa shape index (κ3) is 12.2. The van der Waals surface area contributed by atoms with Crippen LogP contribution < -0.4 is 9.80 Å². The van der Waals surface area contributed by atoms with Crippen LogP contribution in [0, 0.1) is 0 Å². The van der Waals surface area contributed by atoms with Crippen molar-refractivity contribution < 1.29 is 0 Å². The minimum Gasteiger partial charge on any atom is -0.310 e. The van der Waals surface area contributed by atoms with Crippen LogP contribution in [0.1, 0.15) is 25.0 Å². The molecule has 0 amide bonds. The van der Waals surface area contributed by atoms with E-state index in [4.69, 9.17) is 19.9 Å². The van der Waals surface area contributed by atoms with Crippen molar-refractivity contribution in [2.24, 2.45) is 0 Å². The summed E-state index contributed by atoms with van der Waals surface area (Å²) in [6.45, 7) is 4.67. The third-order valence-corrected chi connectivity index (χ3v) is 24.7. The fourth-order valence-corrected chi connectivity index (χ4v) is 19.1. The van der Waals surface area contributed by atoms with Gasteiger partial charge in [0.15, 0.2) is 11.6 Å². The summed E-state index contributed by atoms with van der Waals surface area (Å²) >= 11 is 3.69. The van der Waals surface area contributed by atoms with Gasteiger partial charge in [0.1, 0.15) is 0 Å². The molecule has 0 unspecified atom stereocenters. The lowest BCUT2D eigenvalue weighted by molar-refractivity contribution is 0.660. The largest absolute Gasteiger partial charge is 0.310 e. The second kappa shape index (κ2) is 27.8. The van der Waals surface area contributed by atoms with Gasteiger partial charge in [-0.2, -0.15) is 0 Å². The first-order valence-electron chi connectivity index (χ1n) is 38.4. The second-order valence-corrected chi connectivity index (χ2v) is 31.8.